The number of aromatic amines is 1. The Labute approximate surface area is 123 Å². The van der Waals surface area contributed by atoms with Crippen LogP contribution in [0.25, 0.3) is 11.2 Å². The molecular formula is C11H17N5O6. The standard InChI is InChI=1S/C11H17N5O6/c12-11-14-9-8(10(21)15-11)13-4-16(9)7(3-19)22-6(2-18)5(20)1-17/h4-7,17-20H,1-3H2,(H3,12,14,15,21)/t5-,6-,7-/m1/s1. The van der Waals surface area contributed by atoms with E-state index in [1.165, 1.54) is 10.9 Å². The maximum absolute atomic E-state index is 11.7. The van der Waals surface area contributed by atoms with Crippen LogP contribution in [0.4, 0.5) is 5.95 Å². The molecule has 0 aliphatic heterocycles. The van der Waals surface area contributed by atoms with Gasteiger partial charge in [-0.2, -0.15) is 4.98 Å². The van der Waals surface area contributed by atoms with Gasteiger partial charge in [0.1, 0.15) is 12.2 Å². The van der Waals surface area contributed by atoms with Gasteiger partial charge in [0.2, 0.25) is 5.95 Å². The Balaban J connectivity index is 2.37. The molecule has 0 aromatic carbocycles. The second-order valence-electron chi connectivity index (χ2n) is 4.52. The van der Waals surface area contributed by atoms with Gasteiger partial charge in [-0.3, -0.25) is 14.3 Å². The third-order valence-electron chi connectivity index (χ3n) is 3.05. The number of aliphatic hydroxyl groups is 4. The first-order chi connectivity index (χ1) is 10.5. The van der Waals surface area contributed by atoms with E-state index in [9.17, 15) is 20.1 Å². The van der Waals surface area contributed by atoms with Gasteiger partial charge in [-0.25, -0.2) is 4.98 Å². The molecule has 0 spiro atoms. The van der Waals surface area contributed by atoms with Crippen LogP contribution in [0.15, 0.2) is 11.1 Å². The molecule has 0 aliphatic carbocycles. The van der Waals surface area contributed by atoms with E-state index in [1.807, 2.05) is 0 Å². The molecule has 0 aliphatic rings. The summed E-state index contributed by atoms with van der Waals surface area (Å²) in [4.78, 5) is 21.8. The quantitative estimate of drug-likeness (QED) is 0.309. The highest BCUT2D eigenvalue weighted by Crippen LogP contribution is 2.18. The molecule has 122 valence electrons. The van der Waals surface area contributed by atoms with E-state index in [1.54, 1.807) is 0 Å². The number of nitrogen functional groups attached to an aromatic ring is 1. The lowest BCUT2D eigenvalue weighted by atomic mass is 10.2. The van der Waals surface area contributed by atoms with E-state index in [-0.39, 0.29) is 17.1 Å². The number of rotatable bonds is 7. The second-order valence-corrected chi connectivity index (χ2v) is 4.52. The minimum atomic E-state index is -1.34. The van der Waals surface area contributed by atoms with Gasteiger partial charge in [-0.1, -0.05) is 0 Å². The molecule has 11 heteroatoms. The van der Waals surface area contributed by atoms with Gasteiger partial charge in [-0.15, -0.1) is 0 Å². The van der Waals surface area contributed by atoms with Crippen molar-refractivity contribution in [3.8, 4) is 0 Å². The van der Waals surface area contributed by atoms with Crippen LogP contribution in [0.2, 0.25) is 0 Å². The highest BCUT2D eigenvalue weighted by Gasteiger charge is 2.25. The van der Waals surface area contributed by atoms with Crippen molar-refractivity contribution in [3.05, 3.63) is 16.7 Å². The molecule has 0 saturated heterocycles. The molecule has 0 bridgehead atoms. The number of nitrogens with zero attached hydrogens (tertiary/aromatic N) is 3. The van der Waals surface area contributed by atoms with Crippen LogP contribution < -0.4 is 11.3 Å². The van der Waals surface area contributed by atoms with Crippen LogP contribution in [0.5, 0.6) is 0 Å². The average molecular weight is 315 g/mol. The summed E-state index contributed by atoms with van der Waals surface area (Å²) in [6.45, 7) is -1.76. The summed E-state index contributed by atoms with van der Waals surface area (Å²) >= 11 is 0. The molecule has 7 N–H and O–H groups in total. The van der Waals surface area contributed by atoms with Gasteiger partial charge in [0.05, 0.1) is 26.1 Å². The number of nitrogens with one attached hydrogen (secondary N) is 1. The fourth-order valence-electron chi connectivity index (χ4n) is 1.93. The number of H-pyrrole nitrogens is 1. The summed E-state index contributed by atoms with van der Waals surface area (Å²) in [5, 5.41) is 37.1. The Bertz CT molecular complexity index is 685. The van der Waals surface area contributed by atoms with Crippen molar-refractivity contribution in [1.82, 2.24) is 19.5 Å². The maximum atomic E-state index is 11.7. The minimum Gasteiger partial charge on any atom is -0.394 e. The van der Waals surface area contributed by atoms with Crippen molar-refractivity contribution in [2.24, 2.45) is 0 Å². The highest BCUT2D eigenvalue weighted by molar-refractivity contribution is 5.70. The number of fused-ring (bicyclic) bond motifs is 1. The van der Waals surface area contributed by atoms with Gasteiger partial charge in [0, 0.05) is 0 Å². The second kappa shape index (κ2) is 6.81. The molecule has 0 amide bonds. The van der Waals surface area contributed by atoms with Crippen molar-refractivity contribution in [1.29, 1.82) is 0 Å². The fourth-order valence-corrected chi connectivity index (χ4v) is 1.93. The molecule has 2 aromatic rings. The number of hydrogen-bond donors (Lipinski definition) is 6. The van der Waals surface area contributed by atoms with Crippen molar-refractivity contribution in [3.63, 3.8) is 0 Å². The van der Waals surface area contributed by atoms with Crippen LogP contribution in [0.1, 0.15) is 6.23 Å². The fraction of sp³-hybridized carbons (Fsp3) is 0.545. The van der Waals surface area contributed by atoms with E-state index >= 15 is 0 Å². The Hall–Kier alpha value is -2.05. The number of ether oxygens (including phenoxy) is 1. The van der Waals surface area contributed by atoms with Crippen LogP contribution in [-0.2, 0) is 4.74 Å². The molecule has 0 radical (unpaired) electrons. The average Bonchev–Trinajstić information content (AvgIpc) is 2.92. The molecule has 0 fully saturated rings. The third-order valence-corrected chi connectivity index (χ3v) is 3.05. The Morgan fingerprint density at radius 2 is 2.05 bits per heavy atom. The first-order valence-corrected chi connectivity index (χ1v) is 6.40. The monoisotopic (exact) mass is 315 g/mol. The van der Waals surface area contributed by atoms with Crippen molar-refractivity contribution >= 4 is 17.1 Å². The summed E-state index contributed by atoms with van der Waals surface area (Å²) < 4.78 is 6.60. The number of imidazole rings is 1. The zero-order valence-corrected chi connectivity index (χ0v) is 11.5. The molecule has 11 nitrogen and oxygen atoms in total. The number of aromatic nitrogens is 4. The zero-order chi connectivity index (χ0) is 16.3. The minimum absolute atomic E-state index is 0.000458. The summed E-state index contributed by atoms with van der Waals surface area (Å²) in [5.74, 6) is -0.134. The van der Waals surface area contributed by atoms with Crippen molar-refractivity contribution in [2.75, 3.05) is 25.6 Å². The van der Waals surface area contributed by atoms with Crippen molar-refractivity contribution in [2.45, 2.75) is 18.4 Å². The van der Waals surface area contributed by atoms with E-state index in [4.69, 9.17) is 15.6 Å². The Morgan fingerprint density at radius 3 is 2.64 bits per heavy atom. The SMILES string of the molecule is Nc1nc2c(ncn2[C@@H](CO)O[C@H](CO)[C@H](O)CO)c(=O)[nH]1. The van der Waals surface area contributed by atoms with Crippen LogP contribution >= 0.6 is 0 Å². The van der Waals surface area contributed by atoms with E-state index < -0.39 is 43.8 Å². The Morgan fingerprint density at radius 1 is 1.32 bits per heavy atom. The number of anilines is 1. The highest BCUT2D eigenvalue weighted by atomic mass is 16.5. The van der Waals surface area contributed by atoms with Gasteiger partial charge < -0.3 is 30.9 Å². The summed E-state index contributed by atoms with van der Waals surface area (Å²) in [5.41, 5.74) is 5.00. The van der Waals surface area contributed by atoms with E-state index in [0.717, 1.165) is 0 Å². The van der Waals surface area contributed by atoms with Gasteiger partial charge in [0.25, 0.3) is 5.56 Å². The van der Waals surface area contributed by atoms with Crippen LogP contribution in [-0.4, -0.2) is 72.0 Å². The van der Waals surface area contributed by atoms with Gasteiger partial charge in [0.15, 0.2) is 17.4 Å². The number of hydrogen-bond acceptors (Lipinski definition) is 9. The van der Waals surface area contributed by atoms with Crippen LogP contribution in [0.3, 0.4) is 0 Å². The normalized spacial score (nSPS) is 15.8. The van der Waals surface area contributed by atoms with Gasteiger partial charge >= 0.3 is 0 Å². The predicted molar refractivity (Wildman–Crippen MR) is 73.7 cm³/mol. The molecule has 2 aromatic heterocycles. The molecule has 0 unspecified atom stereocenters. The zero-order valence-electron chi connectivity index (χ0n) is 11.5. The Kier molecular flexibility index (Phi) is 5.05. The largest absolute Gasteiger partial charge is 0.394 e. The van der Waals surface area contributed by atoms with Crippen molar-refractivity contribution < 1.29 is 25.2 Å². The predicted octanol–water partition coefficient (Wildman–Crippen LogP) is -3.08. The lowest BCUT2D eigenvalue weighted by molar-refractivity contribution is -0.143. The first-order valence-electron chi connectivity index (χ1n) is 6.40. The summed E-state index contributed by atoms with van der Waals surface area (Å²) in [6.07, 6.45) is -2.35. The molecule has 2 rings (SSSR count). The van der Waals surface area contributed by atoms with E-state index in [2.05, 4.69) is 15.0 Å². The summed E-state index contributed by atoms with van der Waals surface area (Å²) in [7, 11) is 0. The smallest absolute Gasteiger partial charge is 0.280 e. The lowest BCUT2D eigenvalue weighted by Crippen LogP contribution is -2.38. The lowest BCUT2D eigenvalue weighted by Gasteiger charge is -2.25. The topological polar surface area (TPSA) is 180 Å². The number of aliphatic hydroxyl groups excluding tert-OH is 4. The third kappa shape index (κ3) is 3.08. The maximum Gasteiger partial charge on any atom is 0.280 e. The molecule has 0 saturated carbocycles. The molecule has 2 heterocycles. The van der Waals surface area contributed by atoms with Crippen LogP contribution in [0, 0.1) is 0 Å². The van der Waals surface area contributed by atoms with E-state index in [0.29, 0.717) is 0 Å². The van der Waals surface area contributed by atoms with Gasteiger partial charge in [-0.05, 0) is 0 Å². The molecular weight excluding hydrogens is 298 g/mol. The number of nitrogens with two attached hydrogens (primary N) is 1. The molecule has 3 atom stereocenters. The molecule has 22 heavy (non-hydrogen) atoms. The summed E-state index contributed by atoms with van der Waals surface area (Å²) in [6, 6.07) is 0. The first kappa shape index (κ1) is 16.3.